The summed E-state index contributed by atoms with van der Waals surface area (Å²) in [6, 6.07) is 9.03. The number of aliphatic carboxylic acids is 1. The van der Waals surface area contributed by atoms with E-state index in [9.17, 15) is 19.5 Å². The minimum Gasteiger partial charge on any atom is -0.480 e. The number of nitrogens with zero attached hydrogens (tertiary/aromatic N) is 1. The van der Waals surface area contributed by atoms with E-state index in [2.05, 4.69) is 5.32 Å². The smallest absolute Gasteiger partial charge is 0.319 e. The molecule has 0 unspecified atom stereocenters. The van der Waals surface area contributed by atoms with Crippen LogP contribution in [0.1, 0.15) is 36.0 Å². The van der Waals surface area contributed by atoms with Crippen LogP contribution in [-0.4, -0.2) is 46.9 Å². The second-order valence-corrected chi connectivity index (χ2v) is 6.29. The van der Waals surface area contributed by atoms with Crippen LogP contribution in [0.25, 0.3) is 0 Å². The molecule has 3 rings (SSSR count). The molecule has 1 saturated carbocycles. The number of carboxylic acid groups (broad SMARTS) is 1. The first-order valence-electron chi connectivity index (χ1n) is 7.92. The van der Waals surface area contributed by atoms with Gasteiger partial charge in [-0.15, -0.1) is 0 Å². The average molecular weight is 316 g/mol. The van der Waals surface area contributed by atoms with Crippen molar-refractivity contribution < 1.29 is 19.5 Å². The lowest BCUT2D eigenvalue weighted by Crippen LogP contribution is -2.49. The zero-order chi connectivity index (χ0) is 16.4. The minimum atomic E-state index is -1.17. The molecule has 6 nitrogen and oxygen atoms in total. The van der Waals surface area contributed by atoms with Crippen LogP contribution < -0.4 is 5.32 Å². The van der Waals surface area contributed by atoms with Crippen molar-refractivity contribution in [3.05, 3.63) is 35.9 Å². The Morgan fingerprint density at radius 1 is 1.09 bits per heavy atom. The number of carbonyl (C=O) groups excluding carboxylic acids is 2. The summed E-state index contributed by atoms with van der Waals surface area (Å²) < 4.78 is 0. The lowest BCUT2D eigenvalue weighted by Gasteiger charge is -2.33. The van der Waals surface area contributed by atoms with E-state index in [1.54, 1.807) is 17.0 Å². The molecule has 2 N–H and O–H groups in total. The molecule has 0 radical (unpaired) electrons. The molecule has 1 heterocycles. The SMILES string of the molecule is O=C(NC1CCN(C(=O)C2(C(=O)O)CC2)CC1)c1ccccc1. The molecule has 1 saturated heterocycles. The fourth-order valence-electron chi connectivity index (χ4n) is 3.03. The Morgan fingerprint density at radius 3 is 2.22 bits per heavy atom. The van der Waals surface area contributed by atoms with Crippen LogP contribution in [0.3, 0.4) is 0 Å². The highest BCUT2D eigenvalue weighted by Crippen LogP contribution is 2.47. The van der Waals surface area contributed by atoms with Crippen LogP contribution in [0, 0.1) is 5.41 Å². The van der Waals surface area contributed by atoms with E-state index in [0.717, 1.165) is 0 Å². The van der Waals surface area contributed by atoms with Crippen molar-refractivity contribution in [2.45, 2.75) is 31.7 Å². The number of hydrogen-bond acceptors (Lipinski definition) is 3. The van der Waals surface area contributed by atoms with Crippen LogP contribution >= 0.6 is 0 Å². The summed E-state index contributed by atoms with van der Waals surface area (Å²) in [6.45, 7) is 0.987. The van der Waals surface area contributed by atoms with E-state index in [4.69, 9.17) is 0 Å². The fraction of sp³-hybridized carbons (Fsp3) is 0.471. The molecule has 1 aromatic carbocycles. The third kappa shape index (κ3) is 3.06. The van der Waals surface area contributed by atoms with Crippen LogP contribution in [0.2, 0.25) is 0 Å². The summed E-state index contributed by atoms with van der Waals surface area (Å²) in [5, 5.41) is 12.2. The Hall–Kier alpha value is -2.37. The highest BCUT2D eigenvalue weighted by Gasteiger charge is 2.58. The number of carboxylic acids is 1. The van der Waals surface area contributed by atoms with Gasteiger partial charge in [0, 0.05) is 24.7 Å². The molecule has 23 heavy (non-hydrogen) atoms. The van der Waals surface area contributed by atoms with Crippen molar-refractivity contribution in [1.82, 2.24) is 10.2 Å². The lowest BCUT2D eigenvalue weighted by atomic mass is 10.00. The Kier molecular flexibility index (Phi) is 4.07. The zero-order valence-electron chi connectivity index (χ0n) is 12.8. The quantitative estimate of drug-likeness (QED) is 0.819. The normalized spacial score (nSPS) is 19.9. The molecule has 1 aromatic rings. The summed E-state index contributed by atoms with van der Waals surface area (Å²) in [7, 11) is 0. The third-order valence-electron chi connectivity index (χ3n) is 4.72. The Labute approximate surface area is 134 Å². The van der Waals surface area contributed by atoms with Crippen molar-refractivity contribution in [3.8, 4) is 0 Å². The van der Waals surface area contributed by atoms with Gasteiger partial charge in [-0.2, -0.15) is 0 Å². The van der Waals surface area contributed by atoms with Gasteiger partial charge in [-0.1, -0.05) is 18.2 Å². The van der Waals surface area contributed by atoms with Gasteiger partial charge >= 0.3 is 5.97 Å². The maximum absolute atomic E-state index is 12.3. The molecule has 1 aliphatic heterocycles. The molecule has 122 valence electrons. The van der Waals surface area contributed by atoms with Crippen molar-refractivity contribution >= 4 is 17.8 Å². The molecule has 6 heteroatoms. The standard InChI is InChI=1S/C17H20N2O4/c20-14(12-4-2-1-3-5-12)18-13-6-10-19(11-7-13)15(21)17(8-9-17)16(22)23/h1-5,13H,6-11H2,(H,18,20)(H,22,23). The first-order valence-corrected chi connectivity index (χ1v) is 7.92. The van der Waals surface area contributed by atoms with E-state index in [1.165, 1.54) is 0 Å². The monoisotopic (exact) mass is 316 g/mol. The van der Waals surface area contributed by atoms with E-state index in [0.29, 0.717) is 44.3 Å². The number of piperidine rings is 1. The van der Waals surface area contributed by atoms with Crippen molar-refractivity contribution in [1.29, 1.82) is 0 Å². The maximum atomic E-state index is 12.3. The van der Waals surface area contributed by atoms with Crippen LogP contribution in [0.5, 0.6) is 0 Å². The molecule has 2 fully saturated rings. The van der Waals surface area contributed by atoms with Gasteiger partial charge in [0.2, 0.25) is 5.91 Å². The molecular weight excluding hydrogens is 296 g/mol. The molecule has 2 amide bonds. The number of nitrogens with one attached hydrogen (secondary N) is 1. The second kappa shape index (κ2) is 6.02. The van der Waals surface area contributed by atoms with Gasteiger partial charge in [-0.3, -0.25) is 14.4 Å². The highest BCUT2D eigenvalue weighted by molar-refractivity contribution is 6.04. The Bertz CT molecular complexity index is 617. The van der Waals surface area contributed by atoms with Gasteiger partial charge in [0.25, 0.3) is 5.91 Å². The third-order valence-corrected chi connectivity index (χ3v) is 4.72. The van der Waals surface area contributed by atoms with Crippen molar-refractivity contribution in [2.75, 3.05) is 13.1 Å². The summed E-state index contributed by atoms with van der Waals surface area (Å²) in [4.78, 5) is 37.3. The van der Waals surface area contributed by atoms with Crippen molar-refractivity contribution in [2.24, 2.45) is 5.41 Å². The first-order chi connectivity index (χ1) is 11.0. The molecule has 0 bridgehead atoms. The molecular formula is C17H20N2O4. The van der Waals surface area contributed by atoms with Gasteiger partial charge in [0.05, 0.1) is 0 Å². The summed E-state index contributed by atoms with van der Waals surface area (Å²) in [5.74, 6) is -1.39. The van der Waals surface area contributed by atoms with Gasteiger partial charge in [-0.25, -0.2) is 0 Å². The van der Waals surface area contributed by atoms with Gasteiger partial charge in [0.15, 0.2) is 0 Å². The molecule has 1 aliphatic carbocycles. The highest BCUT2D eigenvalue weighted by atomic mass is 16.4. The van der Waals surface area contributed by atoms with Crippen molar-refractivity contribution in [3.63, 3.8) is 0 Å². The molecule has 0 atom stereocenters. The summed E-state index contributed by atoms with van der Waals surface area (Å²) in [6.07, 6.45) is 2.18. The minimum absolute atomic E-state index is 0.0201. The van der Waals surface area contributed by atoms with Gasteiger partial charge in [0.1, 0.15) is 5.41 Å². The second-order valence-electron chi connectivity index (χ2n) is 6.29. The number of benzene rings is 1. The topological polar surface area (TPSA) is 86.7 Å². The van der Waals surface area contributed by atoms with Crippen LogP contribution in [-0.2, 0) is 9.59 Å². The Morgan fingerprint density at radius 2 is 1.70 bits per heavy atom. The maximum Gasteiger partial charge on any atom is 0.319 e. The summed E-state index contributed by atoms with van der Waals surface area (Å²) in [5.41, 5.74) is -0.547. The lowest BCUT2D eigenvalue weighted by molar-refractivity contribution is -0.153. The number of hydrogen-bond donors (Lipinski definition) is 2. The van der Waals surface area contributed by atoms with Gasteiger partial charge < -0.3 is 15.3 Å². The average Bonchev–Trinajstić information content (AvgIpc) is 3.37. The predicted molar refractivity (Wildman–Crippen MR) is 82.8 cm³/mol. The van der Waals surface area contributed by atoms with E-state index in [-0.39, 0.29) is 17.9 Å². The van der Waals surface area contributed by atoms with Gasteiger partial charge in [-0.05, 0) is 37.8 Å². The molecule has 2 aliphatic rings. The van der Waals surface area contributed by atoms with E-state index >= 15 is 0 Å². The number of likely N-dealkylation sites (tertiary alicyclic amines) is 1. The first kappa shape index (κ1) is 15.5. The molecule has 0 spiro atoms. The van der Waals surface area contributed by atoms with E-state index in [1.807, 2.05) is 18.2 Å². The van der Waals surface area contributed by atoms with Crippen LogP contribution in [0.15, 0.2) is 30.3 Å². The summed E-state index contributed by atoms with van der Waals surface area (Å²) >= 11 is 0. The molecule has 0 aromatic heterocycles. The largest absolute Gasteiger partial charge is 0.480 e. The van der Waals surface area contributed by atoms with Crippen LogP contribution in [0.4, 0.5) is 0 Å². The zero-order valence-corrected chi connectivity index (χ0v) is 12.8. The number of rotatable bonds is 4. The predicted octanol–water partition coefficient (Wildman–Crippen LogP) is 1.27. The number of carbonyl (C=O) groups is 3. The van der Waals surface area contributed by atoms with E-state index < -0.39 is 11.4 Å². The Balaban J connectivity index is 1.52. The fourth-order valence-corrected chi connectivity index (χ4v) is 3.03. The number of amides is 2.